The summed E-state index contributed by atoms with van der Waals surface area (Å²) in [5.41, 5.74) is 0.138. The van der Waals surface area contributed by atoms with Crippen molar-refractivity contribution in [3.8, 4) is 0 Å². The summed E-state index contributed by atoms with van der Waals surface area (Å²) in [4.78, 5) is 12.2. The highest BCUT2D eigenvalue weighted by Crippen LogP contribution is 2.14. The maximum atomic E-state index is 12.6. The van der Waals surface area contributed by atoms with E-state index >= 15 is 0 Å². The van der Waals surface area contributed by atoms with Gasteiger partial charge in [-0.1, -0.05) is 6.07 Å². The highest BCUT2D eigenvalue weighted by Gasteiger charge is 2.15. The molecule has 0 N–H and O–H groups in total. The summed E-state index contributed by atoms with van der Waals surface area (Å²) in [6, 6.07) is 4.86. The fourth-order valence-corrected chi connectivity index (χ4v) is 1.55. The van der Waals surface area contributed by atoms with Crippen LogP contribution >= 0.6 is 0 Å². The fourth-order valence-electron chi connectivity index (χ4n) is 1.04. The van der Waals surface area contributed by atoms with Gasteiger partial charge in [-0.25, -0.2) is 0 Å². The molecule has 0 saturated heterocycles. The Morgan fingerprint density at radius 3 is 2.40 bits per heavy atom. The smallest absolute Gasteiger partial charge is 0.332 e. The Morgan fingerprint density at radius 2 is 1.93 bits per heavy atom. The van der Waals surface area contributed by atoms with Crippen LogP contribution in [0.25, 0.3) is 0 Å². The zero-order valence-electron chi connectivity index (χ0n) is 8.27. The van der Waals surface area contributed by atoms with Crippen LogP contribution < -0.4 is 0 Å². The fraction of sp³-hybridized carbons (Fsp3) is 0.222. The number of hydrogen-bond donors (Lipinski definition) is 0. The first-order chi connectivity index (χ1) is 6.82. The van der Waals surface area contributed by atoms with E-state index in [1.54, 1.807) is 0 Å². The lowest BCUT2D eigenvalue weighted by molar-refractivity contribution is 0.0827. The Bertz CT molecular complexity index is 482. The molecule has 6 heteroatoms. The van der Waals surface area contributed by atoms with Crippen LogP contribution in [-0.2, 0) is 10.2 Å². The number of carbonyl (C=O) groups excluding carboxylic acids is 1. The SMILES string of the molecule is CN(C)C(=O)c1cccc(S(=O)(=O)F)c1. The van der Waals surface area contributed by atoms with Crippen LogP contribution in [0.3, 0.4) is 0 Å². The molecule has 1 aromatic carbocycles. The summed E-state index contributed by atoms with van der Waals surface area (Å²) >= 11 is 0. The van der Waals surface area contributed by atoms with Gasteiger partial charge in [0.25, 0.3) is 5.91 Å². The van der Waals surface area contributed by atoms with Crippen LogP contribution in [0.5, 0.6) is 0 Å². The van der Waals surface area contributed by atoms with Gasteiger partial charge in [0.1, 0.15) is 0 Å². The molecule has 1 amide bonds. The van der Waals surface area contributed by atoms with Gasteiger partial charge >= 0.3 is 10.2 Å². The molecule has 1 aromatic rings. The number of amides is 1. The first-order valence-corrected chi connectivity index (χ1v) is 5.47. The Hall–Kier alpha value is -1.43. The third-order valence-electron chi connectivity index (χ3n) is 1.77. The monoisotopic (exact) mass is 231 g/mol. The van der Waals surface area contributed by atoms with Crippen LogP contribution in [0.1, 0.15) is 10.4 Å². The van der Waals surface area contributed by atoms with E-state index in [4.69, 9.17) is 0 Å². The number of hydrogen-bond acceptors (Lipinski definition) is 3. The van der Waals surface area contributed by atoms with Crippen molar-refractivity contribution in [2.75, 3.05) is 14.1 Å². The summed E-state index contributed by atoms with van der Waals surface area (Å²) in [7, 11) is -1.70. The molecule has 0 unspecified atom stereocenters. The normalized spacial score (nSPS) is 11.1. The molecule has 15 heavy (non-hydrogen) atoms. The molecule has 1 rings (SSSR count). The van der Waals surface area contributed by atoms with Gasteiger partial charge < -0.3 is 4.90 Å². The maximum absolute atomic E-state index is 12.6. The molecule has 0 atom stereocenters. The first kappa shape index (κ1) is 11.6. The maximum Gasteiger partial charge on any atom is 0.332 e. The second kappa shape index (κ2) is 3.98. The average molecular weight is 231 g/mol. The molecule has 0 heterocycles. The van der Waals surface area contributed by atoms with E-state index in [1.165, 1.54) is 31.1 Å². The number of rotatable bonds is 2. The Morgan fingerprint density at radius 1 is 1.33 bits per heavy atom. The molecule has 0 bridgehead atoms. The molecular weight excluding hydrogens is 221 g/mol. The highest BCUT2D eigenvalue weighted by atomic mass is 32.3. The minimum Gasteiger partial charge on any atom is -0.345 e. The van der Waals surface area contributed by atoms with Gasteiger partial charge in [-0.05, 0) is 18.2 Å². The van der Waals surface area contributed by atoms with Crippen LogP contribution in [-0.4, -0.2) is 33.3 Å². The topological polar surface area (TPSA) is 54.5 Å². The van der Waals surface area contributed by atoms with E-state index < -0.39 is 15.1 Å². The summed E-state index contributed by atoms with van der Waals surface area (Å²) in [5, 5.41) is 0. The molecule has 0 aliphatic carbocycles. The van der Waals surface area contributed by atoms with Crippen molar-refractivity contribution < 1.29 is 17.1 Å². The lowest BCUT2D eigenvalue weighted by Gasteiger charge is -2.10. The number of nitrogens with zero attached hydrogens (tertiary/aromatic N) is 1. The van der Waals surface area contributed by atoms with Crippen LogP contribution in [0.2, 0.25) is 0 Å². The molecule has 0 aliphatic heterocycles. The summed E-state index contributed by atoms with van der Waals surface area (Å²) in [6.07, 6.45) is 0. The first-order valence-electron chi connectivity index (χ1n) is 4.09. The van der Waals surface area contributed by atoms with E-state index in [0.29, 0.717) is 0 Å². The molecule has 0 aliphatic rings. The molecule has 82 valence electrons. The highest BCUT2D eigenvalue weighted by molar-refractivity contribution is 7.86. The van der Waals surface area contributed by atoms with Crippen LogP contribution in [0, 0.1) is 0 Å². The Kier molecular flexibility index (Phi) is 3.09. The quantitative estimate of drug-likeness (QED) is 0.715. The van der Waals surface area contributed by atoms with E-state index in [2.05, 4.69) is 0 Å². The van der Waals surface area contributed by atoms with Crippen LogP contribution in [0.15, 0.2) is 29.2 Å². The van der Waals surface area contributed by atoms with Crippen molar-refractivity contribution in [1.29, 1.82) is 0 Å². The predicted molar refractivity (Wildman–Crippen MR) is 52.8 cm³/mol. The zero-order valence-corrected chi connectivity index (χ0v) is 9.08. The molecule has 0 radical (unpaired) electrons. The second-order valence-corrected chi connectivity index (χ2v) is 4.51. The summed E-state index contributed by atoms with van der Waals surface area (Å²) < 4.78 is 33.8. The van der Waals surface area contributed by atoms with E-state index in [0.717, 1.165) is 12.1 Å². The van der Waals surface area contributed by atoms with Crippen molar-refractivity contribution in [2.24, 2.45) is 0 Å². The zero-order chi connectivity index (χ0) is 11.6. The van der Waals surface area contributed by atoms with Gasteiger partial charge in [-0.3, -0.25) is 4.79 Å². The van der Waals surface area contributed by atoms with Crippen molar-refractivity contribution in [1.82, 2.24) is 4.90 Å². The molecule has 0 saturated carbocycles. The average Bonchev–Trinajstić information content (AvgIpc) is 2.15. The number of halogens is 1. The van der Waals surface area contributed by atoms with Gasteiger partial charge in [-0.2, -0.15) is 8.42 Å². The lowest BCUT2D eigenvalue weighted by atomic mass is 10.2. The van der Waals surface area contributed by atoms with Gasteiger partial charge in [-0.15, -0.1) is 3.89 Å². The third-order valence-corrected chi connectivity index (χ3v) is 2.59. The van der Waals surface area contributed by atoms with Crippen molar-refractivity contribution in [3.05, 3.63) is 29.8 Å². The molecule has 0 aromatic heterocycles. The minimum atomic E-state index is -4.76. The van der Waals surface area contributed by atoms with Gasteiger partial charge in [0.05, 0.1) is 4.90 Å². The molecule has 0 fully saturated rings. The van der Waals surface area contributed by atoms with Crippen LogP contribution in [0.4, 0.5) is 3.89 Å². The van der Waals surface area contributed by atoms with Gasteiger partial charge in [0.15, 0.2) is 0 Å². The second-order valence-electron chi connectivity index (χ2n) is 3.17. The van der Waals surface area contributed by atoms with Gasteiger partial charge in [0, 0.05) is 19.7 Å². The molecule has 4 nitrogen and oxygen atoms in total. The van der Waals surface area contributed by atoms with E-state index in [-0.39, 0.29) is 11.5 Å². The number of carbonyl (C=O) groups is 1. The van der Waals surface area contributed by atoms with E-state index in [9.17, 15) is 17.1 Å². The summed E-state index contributed by atoms with van der Waals surface area (Å²) in [6.45, 7) is 0. The minimum absolute atomic E-state index is 0.138. The van der Waals surface area contributed by atoms with Crippen molar-refractivity contribution in [2.45, 2.75) is 4.90 Å². The van der Waals surface area contributed by atoms with Gasteiger partial charge in [0.2, 0.25) is 0 Å². The standard InChI is InChI=1S/C9H10FNO3S/c1-11(2)9(12)7-4-3-5-8(6-7)15(10,13)14/h3-6H,1-2H3. The Labute approximate surface area is 87.5 Å². The number of benzene rings is 1. The van der Waals surface area contributed by atoms with Crippen molar-refractivity contribution in [3.63, 3.8) is 0 Å². The predicted octanol–water partition coefficient (Wildman–Crippen LogP) is 1.05. The molecule has 0 spiro atoms. The largest absolute Gasteiger partial charge is 0.345 e. The lowest BCUT2D eigenvalue weighted by Crippen LogP contribution is -2.21. The Balaban J connectivity index is 3.20. The van der Waals surface area contributed by atoms with Crippen molar-refractivity contribution >= 4 is 16.1 Å². The third kappa shape index (κ3) is 2.76. The summed E-state index contributed by atoms with van der Waals surface area (Å²) in [5.74, 6) is -0.375. The molecular formula is C9H10FNO3S. The van der Waals surface area contributed by atoms with E-state index in [1.807, 2.05) is 0 Å².